The molecule has 0 fully saturated rings. The van der Waals surface area contributed by atoms with E-state index >= 15 is 0 Å². The molecule has 1 aliphatic rings. The standard InChI is InChI=1S/C10H11BrO2/c1-12-9-4-5-13-10-6-7(11)2-3-8(9)10/h2-3,6,9H,4-5H2,1H3. The van der Waals surface area contributed by atoms with E-state index in [2.05, 4.69) is 15.9 Å². The zero-order chi connectivity index (χ0) is 9.26. The Morgan fingerprint density at radius 2 is 2.38 bits per heavy atom. The van der Waals surface area contributed by atoms with Crippen LogP contribution in [-0.4, -0.2) is 13.7 Å². The molecule has 70 valence electrons. The Labute approximate surface area is 86.0 Å². The van der Waals surface area contributed by atoms with Gasteiger partial charge >= 0.3 is 0 Å². The Morgan fingerprint density at radius 1 is 1.54 bits per heavy atom. The Balaban J connectivity index is 2.40. The predicted molar refractivity (Wildman–Crippen MR) is 54.0 cm³/mol. The van der Waals surface area contributed by atoms with Gasteiger partial charge in [0, 0.05) is 23.6 Å². The van der Waals surface area contributed by atoms with Crippen LogP contribution in [0.15, 0.2) is 22.7 Å². The van der Waals surface area contributed by atoms with Crippen LogP contribution in [0, 0.1) is 0 Å². The molecule has 1 aromatic carbocycles. The van der Waals surface area contributed by atoms with Crippen LogP contribution in [0.1, 0.15) is 18.1 Å². The third-order valence-electron chi connectivity index (χ3n) is 2.24. The summed E-state index contributed by atoms with van der Waals surface area (Å²) < 4.78 is 11.9. The summed E-state index contributed by atoms with van der Waals surface area (Å²) in [5.41, 5.74) is 1.15. The fourth-order valence-corrected chi connectivity index (χ4v) is 1.92. The van der Waals surface area contributed by atoms with Gasteiger partial charge < -0.3 is 9.47 Å². The highest BCUT2D eigenvalue weighted by Crippen LogP contribution is 2.35. The highest BCUT2D eigenvalue weighted by Gasteiger charge is 2.20. The fraction of sp³-hybridized carbons (Fsp3) is 0.400. The van der Waals surface area contributed by atoms with Gasteiger partial charge in [0.2, 0.25) is 0 Å². The maximum atomic E-state index is 5.53. The average molecular weight is 243 g/mol. The predicted octanol–water partition coefficient (Wildman–Crippen LogP) is 2.92. The van der Waals surface area contributed by atoms with Gasteiger partial charge in [-0.3, -0.25) is 0 Å². The van der Waals surface area contributed by atoms with Crippen molar-refractivity contribution in [1.29, 1.82) is 0 Å². The van der Waals surface area contributed by atoms with Gasteiger partial charge in [0.25, 0.3) is 0 Å². The van der Waals surface area contributed by atoms with Gasteiger partial charge in [0.1, 0.15) is 5.75 Å². The van der Waals surface area contributed by atoms with Crippen molar-refractivity contribution in [3.63, 3.8) is 0 Å². The van der Waals surface area contributed by atoms with Crippen molar-refractivity contribution >= 4 is 15.9 Å². The first-order valence-electron chi connectivity index (χ1n) is 4.26. The van der Waals surface area contributed by atoms with Crippen molar-refractivity contribution in [2.45, 2.75) is 12.5 Å². The summed E-state index contributed by atoms with van der Waals surface area (Å²) >= 11 is 3.41. The zero-order valence-corrected chi connectivity index (χ0v) is 9.00. The van der Waals surface area contributed by atoms with Crippen molar-refractivity contribution < 1.29 is 9.47 Å². The normalized spacial score (nSPS) is 20.6. The number of halogens is 1. The van der Waals surface area contributed by atoms with Crippen LogP contribution in [0.4, 0.5) is 0 Å². The van der Waals surface area contributed by atoms with Crippen LogP contribution in [0.2, 0.25) is 0 Å². The molecule has 1 aromatic rings. The molecule has 0 radical (unpaired) electrons. The highest BCUT2D eigenvalue weighted by atomic mass is 79.9. The lowest BCUT2D eigenvalue weighted by Gasteiger charge is -2.24. The van der Waals surface area contributed by atoms with Crippen LogP contribution in [0.25, 0.3) is 0 Å². The topological polar surface area (TPSA) is 18.5 Å². The van der Waals surface area contributed by atoms with E-state index in [1.165, 1.54) is 0 Å². The first-order valence-corrected chi connectivity index (χ1v) is 5.05. The van der Waals surface area contributed by atoms with Crippen molar-refractivity contribution in [3.8, 4) is 5.75 Å². The summed E-state index contributed by atoms with van der Waals surface area (Å²) in [5.74, 6) is 0.937. The van der Waals surface area contributed by atoms with Crippen molar-refractivity contribution in [1.82, 2.24) is 0 Å². The van der Waals surface area contributed by atoms with Gasteiger partial charge in [-0.25, -0.2) is 0 Å². The number of hydrogen-bond donors (Lipinski definition) is 0. The first-order chi connectivity index (χ1) is 6.31. The van der Waals surface area contributed by atoms with Gasteiger partial charge in [-0.15, -0.1) is 0 Å². The number of methoxy groups -OCH3 is 1. The second-order valence-electron chi connectivity index (χ2n) is 3.04. The molecule has 2 rings (SSSR count). The van der Waals surface area contributed by atoms with E-state index in [-0.39, 0.29) is 6.10 Å². The van der Waals surface area contributed by atoms with E-state index in [0.717, 1.165) is 28.8 Å². The molecule has 13 heavy (non-hydrogen) atoms. The molecule has 1 atom stereocenters. The third-order valence-corrected chi connectivity index (χ3v) is 2.74. The van der Waals surface area contributed by atoms with Gasteiger partial charge in [0.15, 0.2) is 0 Å². The number of hydrogen-bond acceptors (Lipinski definition) is 2. The second-order valence-corrected chi connectivity index (χ2v) is 3.96. The minimum absolute atomic E-state index is 0.192. The summed E-state index contributed by atoms with van der Waals surface area (Å²) in [4.78, 5) is 0. The van der Waals surface area contributed by atoms with Crippen molar-refractivity contribution in [3.05, 3.63) is 28.2 Å². The molecule has 2 nitrogen and oxygen atoms in total. The average Bonchev–Trinajstić information content (AvgIpc) is 2.16. The molecule has 0 spiro atoms. The quantitative estimate of drug-likeness (QED) is 0.754. The van der Waals surface area contributed by atoms with Crippen LogP contribution < -0.4 is 4.74 Å². The second kappa shape index (κ2) is 3.68. The maximum absolute atomic E-state index is 5.53. The lowest BCUT2D eigenvalue weighted by atomic mass is 10.0. The molecule has 3 heteroatoms. The molecule has 0 aliphatic carbocycles. The minimum Gasteiger partial charge on any atom is -0.493 e. The lowest BCUT2D eigenvalue weighted by molar-refractivity contribution is 0.0636. The third kappa shape index (κ3) is 1.71. The Morgan fingerprint density at radius 3 is 3.15 bits per heavy atom. The van der Waals surface area contributed by atoms with Crippen LogP contribution >= 0.6 is 15.9 Å². The van der Waals surface area contributed by atoms with Crippen molar-refractivity contribution in [2.24, 2.45) is 0 Å². The van der Waals surface area contributed by atoms with E-state index < -0.39 is 0 Å². The van der Waals surface area contributed by atoms with Crippen LogP contribution in [0.3, 0.4) is 0 Å². The molecule has 0 amide bonds. The van der Waals surface area contributed by atoms with E-state index in [1.54, 1.807) is 7.11 Å². The molecule has 1 aliphatic heterocycles. The molecular formula is C10H11BrO2. The number of rotatable bonds is 1. The first kappa shape index (κ1) is 9.03. The highest BCUT2D eigenvalue weighted by molar-refractivity contribution is 9.10. The van der Waals surface area contributed by atoms with E-state index in [1.807, 2.05) is 18.2 Å². The monoisotopic (exact) mass is 242 g/mol. The number of benzene rings is 1. The largest absolute Gasteiger partial charge is 0.493 e. The Hall–Kier alpha value is -0.540. The number of ether oxygens (including phenoxy) is 2. The smallest absolute Gasteiger partial charge is 0.126 e. The molecule has 0 saturated carbocycles. The molecule has 1 heterocycles. The molecule has 0 bridgehead atoms. The van der Waals surface area contributed by atoms with Gasteiger partial charge in [-0.2, -0.15) is 0 Å². The molecular weight excluding hydrogens is 232 g/mol. The summed E-state index contributed by atoms with van der Waals surface area (Å²) in [5, 5.41) is 0. The SMILES string of the molecule is COC1CCOc2cc(Br)ccc21. The fourth-order valence-electron chi connectivity index (χ4n) is 1.58. The summed E-state index contributed by atoms with van der Waals surface area (Å²) in [6, 6.07) is 6.05. The van der Waals surface area contributed by atoms with Crippen molar-refractivity contribution in [2.75, 3.05) is 13.7 Å². The van der Waals surface area contributed by atoms with E-state index in [9.17, 15) is 0 Å². The summed E-state index contributed by atoms with van der Waals surface area (Å²) in [6.07, 6.45) is 1.13. The van der Waals surface area contributed by atoms with Gasteiger partial charge in [-0.1, -0.05) is 22.0 Å². The Bertz CT molecular complexity index is 312. The number of fused-ring (bicyclic) bond motifs is 1. The van der Waals surface area contributed by atoms with Gasteiger partial charge in [0.05, 0.1) is 12.7 Å². The molecule has 0 N–H and O–H groups in total. The van der Waals surface area contributed by atoms with E-state index in [0.29, 0.717) is 0 Å². The molecule has 0 saturated heterocycles. The summed E-state index contributed by atoms with van der Waals surface area (Å²) in [7, 11) is 1.74. The van der Waals surface area contributed by atoms with Gasteiger partial charge in [-0.05, 0) is 12.1 Å². The summed E-state index contributed by atoms with van der Waals surface area (Å²) in [6.45, 7) is 0.738. The molecule has 0 aromatic heterocycles. The van der Waals surface area contributed by atoms with E-state index in [4.69, 9.17) is 9.47 Å². The van der Waals surface area contributed by atoms with Crippen LogP contribution in [0.5, 0.6) is 5.75 Å². The maximum Gasteiger partial charge on any atom is 0.126 e. The lowest BCUT2D eigenvalue weighted by Crippen LogP contribution is -2.15. The zero-order valence-electron chi connectivity index (χ0n) is 7.42. The Kier molecular flexibility index (Phi) is 2.56. The minimum atomic E-state index is 0.192. The molecule has 1 unspecified atom stereocenters. The van der Waals surface area contributed by atoms with Crippen LogP contribution in [-0.2, 0) is 4.74 Å².